The highest BCUT2D eigenvalue weighted by Gasteiger charge is 2.29. The number of ether oxygens (including phenoxy) is 1. The molecule has 0 saturated carbocycles. The average molecular weight is 307 g/mol. The van der Waals surface area contributed by atoms with Crippen LogP contribution in [0.5, 0.6) is 0 Å². The highest BCUT2D eigenvalue weighted by Crippen LogP contribution is 2.18. The van der Waals surface area contributed by atoms with Crippen LogP contribution < -0.4 is 10.0 Å². The van der Waals surface area contributed by atoms with Crippen molar-refractivity contribution in [1.29, 1.82) is 0 Å². The van der Waals surface area contributed by atoms with Gasteiger partial charge in [0.2, 0.25) is 0 Å². The smallest absolute Gasteiger partial charge is 0.279 e. The Hall–Kier alpha value is -0.210. The Morgan fingerprint density at radius 3 is 2.85 bits per heavy atom. The molecule has 0 amide bonds. The van der Waals surface area contributed by atoms with Gasteiger partial charge in [0.25, 0.3) is 10.2 Å². The zero-order chi connectivity index (χ0) is 15.0. The molecule has 2 atom stereocenters. The van der Waals surface area contributed by atoms with E-state index in [0.29, 0.717) is 25.6 Å². The van der Waals surface area contributed by atoms with Crippen molar-refractivity contribution in [3.05, 3.63) is 0 Å². The number of nitrogens with one attached hydrogen (secondary N) is 2. The third kappa shape index (κ3) is 6.05. The maximum atomic E-state index is 12.3. The highest BCUT2D eigenvalue weighted by molar-refractivity contribution is 7.87. The summed E-state index contributed by atoms with van der Waals surface area (Å²) in [5.41, 5.74) is 0. The first-order valence-corrected chi connectivity index (χ1v) is 8.90. The molecule has 0 aliphatic carbocycles. The molecule has 0 spiro atoms. The molecule has 2 N–H and O–H groups in total. The van der Waals surface area contributed by atoms with Gasteiger partial charge >= 0.3 is 0 Å². The van der Waals surface area contributed by atoms with E-state index in [2.05, 4.69) is 17.0 Å². The molecule has 1 aliphatic rings. The second kappa shape index (κ2) is 8.94. The van der Waals surface area contributed by atoms with Crippen molar-refractivity contribution >= 4 is 10.2 Å². The van der Waals surface area contributed by atoms with Gasteiger partial charge in [-0.15, -0.1) is 0 Å². The van der Waals surface area contributed by atoms with Crippen LogP contribution in [0.15, 0.2) is 0 Å². The molecular formula is C13H29N3O3S. The third-order valence-corrected chi connectivity index (χ3v) is 5.16. The van der Waals surface area contributed by atoms with Gasteiger partial charge in [-0.2, -0.15) is 17.4 Å². The first-order valence-electron chi connectivity index (χ1n) is 7.46. The maximum Gasteiger partial charge on any atom is 0.279 e. The Morgan fingerprint density at radius 2 is 2.20 bits per heavy atom. The van der Waals surface area contributed by atoms with Gasteiger partial charge in [0.15, 0.2) is 0 Å². The number of hydrogen-bond donors (Lipinski definition) is 2. The monoisotopic (exact) mass is 307 g/mol. The molecule has 0 radical (unpaired) electrons. The summed E-state index contributed by atoms with van der Waals surface area (Å²) in [4.78, 5) is 0. The van der Waals surface area contributed by atoms with Gasteiger partial charge in [-0.05, 0) is 45.2 Å². The van der Waals surface area contributed by atoms with Crippen LogP contribution in [-0.2, 0) is 14.9 Å². The minimum absolute atomic E-state index is 0.205. The number of rotatable bonds is 9. The zero-order valence-corrected chi connectivity index (χ0v) is 13.7. The quantitative estimate of drug-likeness (QED) is 0.611. The molecule has 1 fully saturated rings. The van der Waals surface area contributed by atoms with Crippen molar-refractivity contribution in [3.63, 3.8) is 0 Å². The van der Waals surface area contributed by atoms with Crippen LogP contribution in [0, 0.1) is 5.92 Å². The Bertz CT molecular complexity index is 362. The summed E-state index contributed by atoms with van der Waals surface area (Å²) in [6.07, 6.45) is 3.12. The standard InChI is InChI=1S/C13H29N3O3S/c1-4-7-14-9-13-6-5-8-16(10-13)20(17,18)15-12(2)11-19-3/h12-15H,4-11H2,1-3H3. The van der Waals surface area contributed by atoms with E-state index >= 15 is 0 Å². The lowest BCUT2D eigenvalue weighted by Crippen LogP contribution is -2.50. The molecule has 0 aromatic rings. The summed E-state index contributed by atoms with van der Waals surface area (Å²) < 4.78 is 33.8. The van der Waals surface area contributed by atoms with Gasteiger partial charge in [0.05, 0.1) is 6.61 Å². The van der Waals surface area contributed by atoms with E-state index in [1.54, 1.807) is 11.4 Å². The van der Waals surface area contributed by atoms with E-state index in [-0.39, 0.29) is 6.04 Å². The van der Waals surface area contributed by atoms with Crippen molar-refractivity contribution < 1.29 is 13.2 Å². The van der Waals surface area contributed by atoms with Crippen LogP contribution >= 0.6 is 0 Å². The number of hydrogen-bond acceptors (Lipinski definition) is 4. The van der Waals surface area contributed by atoms with E-state index in [9.17, 15) is 8.42 Å². The summed E-state index contributed by atoms with van der Waals surface area (Å²) in [7, 11) is -1.82. The molecule has 20 heavy (non-hydrogen) atoms. The average Bonchev–Trinajstić information content (AvgIpc) is 2.39. The molecule has 2 unspecified atom stereocenters. The van der Waals surface area contributed by atoms with E-state index in [0.717, 1.165) is 32.4 Å². The van der Waals surface area contributed by atoms with Crippen LogP contribution in [0.4, 0.5) is 0 Å². The normalized spacial score (nSPS) is 22.9. The highest BCUT2D eigenvalue weighted by atomic mass is 32.2. The minimum atomic E-state index is -3.39. The topological polar surface area (TPSA) is 70.7 Å². The Morgan fingerprint density at radius 1 is 1.45 bits per heavy atom. The van der Waals surface area contributed by atoms with Crippen LogP contribution in [0.2, 0.25) is 0 Å². The van der Waals surface area contributed by atoms with Crippen LogP contribution in [0.3, 0.4) is 0 Å². The minimum Gasteiger partial charge on any atom is -0.383 e. The van der Waals surface area contributed by atoms with Crippen molar-refractivity contribution in [2.75, 3.05) is 39.9 Å². The molecule has 1 rings (SSSR count). The maximum absolute atomic E-state index is 12.3. The molecule has 0 bridgehead atoms. The number of methoxy groups -OCH3 is 1. The largest absolute Gasteiger partial charge is 0.383 e. The van der Waals surface area contributed by atoms with Gasteiger partial charge in [-0.3, -0.25) is 0 Å². The lowest BCUT2D eigenvalue weighted by atomic mass is 10.00. The predicted octanol–water partition coefficient (Wildman–Crippen LogP) is 0.567. The molecule has 120 valence electrons. The fourth-order valence-electron chi connectivity index (χ4n) is 2.51. The molecule has 0 aromatic heterocycles. The van der Waals surface area contributed by atoms with E-state index < -0.39 is 10.2 Å². The fourth-order valence-corrected chi connectivity index (χ4v) is 4.01. The first-order chi connectivity index (χ1) is 9.49. The summed E-state index contributed by atoms with van der Waals surface area (Å²) in [6, 6.07) is -0.205. The summed E-state index contributed by atoms with van der Waals surface area (Å²) in [5, 5.41) is 3.38. The number of nitrogens with zero attached hydrogens (tertiary/aromatic N) is 1. The van der Waals surface area contributed by atoms with E-state index in [1.165, 1.54) is 0 Å². The summed E-state index contributed by atoms with van der Waals surface area (Å²) in [5.74, 6) is 0.407. The molecule has 1 heterocycles. The predicted molar refractivity (Wildman–Crippen MR) is 80.9 cm³/mol. The van der Waals surface area contributed by atoms with Crippen molar-refractivity contribution in [2.45, 2.75) is 39.2 Å². The summed E-state index contributed by atoms with van der Waals surface area (Å²) >= 11 is 0. The Balaban J connectivity index is 2.48. The molecule has 1 aliphatic heterocycles. The van der Waals surface area contributed by atoms with Crippen LogP contribution in [0.1, 0.15) is 33.1 Å². The SMILES string of the molecule is CCCNCC1CCCN(S(=O)(=O)NC(C)COC)C1. The molecule has 1 saturated heterocycles. The van der Waals surface area contributed by atoms with Crippen molar-refractivity contribution in [1.82, 2.24) is 14.3 Å². The van der Waals surface area contributed by atoms with Gasteiger partial charge in [-0.1, -0.05) is 6.92 Å². The van der Waals surface area contributed by atoms with Crippen molar-refractivity contribution in [2.24, 2.45) is 5.92 Å². The molecule has 0 aromatic carbocycles. The summed E-state index contributed by atoms with van der Waals surface area (Å²) in [6.45, 7) is 7.43. The molecular weight excluding hydrogens is 278 g/mol. The first kappa shape index (κ1) is 17.8. The Labute approximate surface area is 123 Å². The number of piperidine rings is 1. The van der Waals surface area contributed by atoms with E-state index in [4.69, 9.17) is 4.74 Å². The lowest BCUT2D eigenvalue weighted by Gasteiger charge is -2.32. The fraction of sp³-hybridized carbons (Fsp3) is 1.00. The van der Waals surface area contributed by atoms with Crippen LogP contribution in [0.25, 0.3) is 0 Å². The van der Waals surface area contributed by atoms with Gasteiger partial charge in [0.1, 0.15) is 0 Å². The van der Waals surface area contributed by atoms with Crippen molar-refractivity contribution in [3.8, 4) is 0 Å². The molecule has 6 nitrogen and oxygen atoms in total. The second-order valence-corrected chi connectivity index (χ2v) is 7.25. The van der Waals surface area contributed by atoms with Crippen LogP contribution in [-0.4, -0.2) is 58.7 Å². The molecule has 7 heteroatoms. The lowest BCUT2D eigenvalue weighted by molar-refractivity contribution is 0.178. The van der Waals surface area contributed by atoms with Gasteiger partial charge < -0.3 is 10.1 Å². The van der Waals surface area contributed by atoms with Gasteiger partial charge in [-0.25, -0.2) is 0 Å². The van der Waals surface area contributed by atoms with Gasteiger partial charge in [0, 0.05) is 26.2 Å². The third-order valence-electron chi connectivity index (χ3n) is 3.45. The Kier molecular flexibility index (Phi) is 7.98. The van der Waals surface area contributed by atoms with E-state index in [1.807, 2.05) is 6.92 Å². The zero-order valence-electron chi connectivity index (χ0n) is 12.9. The second-order valence-electron chi connectivity index (χ2n) is 5.55.